The second-order valence-corrected chi connectivity index (χ2v) is 11.2. The molecule has 7 rings (SSSR count). The van der Waals surface area contributed by atoms with Gasteiger partial charge in [-0.15, -0.1) is 0 Å². The first kappa shape index (κ1) is 24.0. The number of halogens is 4. The minimum absolute atomic E-state index is 0.0137. The molecule has 4 aromatic rings. The van der Waals surface area contributed by atoms with E-state index in [4.69, 9.17) is 19.7 Å². The molecule has 198 valence electrons. The van der Waals surface area contributed by atoms with Gasteiger partial charge in [0.1, 0.15) is 16.3 Å². The number of rotatable bonds is 5. The van der Waals surface area contributed by atoms with Crippen molar-refractivity contribution in [3.63, 3.8) is 0 Å². The van der Waals surface area contributed by atoms with Crippen LogP contribution >= 0.6 is 11.3 Å². The van der Waals surface area contributed by atoms with Gasteiger partial charge in [0, 0.05) is 42.9 Å². The predicted molar refractivity (Wildman–Crippen MR) is 134 cm³/mol. The standard InChI is InChI=1S/C26H24F4N6OS/c27-19-11-16(26(28,29)30)2-5-18(19)21-22-24(34-25(38-22)35-7-1-8-35)33-23(32-21)14-6-9-37-20(10-14)15-12-31-36(13-15)17-3-4-17/h2,5,11-14,17,20H,1,3-4,6-10H2/t14-,20-/m0/s1. The van der Waals surface area contributed by atoms with Crippen molar-refractivity contribution in [2.45, 2.75) is 56.3 Å². The third-order valence-corrected chi connectivity index (χ3v) is 8.61. The van der Waals surface area contributed by atoms with Gasteiger partial charge in [0.2, 0.25) is 0 Å². The Morgan fingerprint density at radius 1 is 1.05 bits per heavy atom. The van der Waals surface area contributed by atoms with Crippen LogP contribution in [0.1, 0.15) is 67.1 Å². The van der Waals surface area contributed by atoms with Crippen LogP contribution in [0.25, 0.3) is 21.6 Å². The van der Waals surface area contributed by atoms with Gasteiger partial charge in [0.05, 0.1) is 29.6 Å². The van der Waals surface area contributed by atoms with Crippen LogP contribution in [0, 0.1) is 5.82 Å². The smallest absolute Gasteiger partial charge is 0.373 e. The molecular weight excluding hydrogens is 520 g/mol. The third kappa shape index (κ3) is 4.33. The van der Waals surface area contributed by atoms with Crippen LogP contribution in [0.4, 0.5) is 22.7 Å². The molecule has 12 heteroatoms. The zero-order valence-electron chi connectivity index (χ0n) is 20.3. The average Bonchev–Trinajstić information content (AvgIpc) is 3.43. The molecule has 38 heavy (non-hydrogen) atoms. The Kier molecular flexibility index (Phi) is 5.66. The second kappa shape index (κ2) is 8.98. The third-order valence-electron chi connectivity index (χ3n) is 7.50. The number of alkyl halides is 3. The lowest BCUT2D eigenvalue weighted by Crippen LogP contribution is -2.36. The maximum atomic E-state index is 15.2. The van der Waals surface area contributed by atoms with Crippen molar-refractivity contribution in [3.8, 4) is 11.3 Å². The molecule has 3 fully saturated rings. The summed E-state index contributed by atoms with van der Waals surface area (Å²) in [5, 5.41) is 5.25. The molecule has 2 saturated heterocycles. The average molecular weight is 545 g/mol. The highest BCUT2D eigenvalue weighted by molar-refractivity contribution is 7.22. The van der Waals surface area contributed by atoms with Gasteiger partial charge >= 0.3 is 6.18 Å². The number of aromatic nitrogens is 5. The molecule has 0 radical (unpaired) electrons. The van der Waals surface area contributed by atoms with E-state index in [0.29, 0.717) is 47.7 Å². The molecule has 2 aliphatic heterocycles. The Morgan fingerprint density at radius 3 is 2.61 bits per heavy atom. The molecule has 0 bridgehead atoms. The summed E-state index contributed by atoms with van der Waals surface area (Å²) < 4.78 is 63.4. The van der Waals surface area contributed by atoms with E-state index in [-0.39, 0.29) is 23.3 Å². The van der Waals surface area contributed by atoms with Crippen molar-refractivity contribution >= 4 is 26.8 Å². The molecule has 0 unspecified atom stereocenters. The van der Waals surface area contributed by atoms with Gasteiger partial charge in [-0.3, -0.25) is 4.68 Å². The first-order valence-electron chi connectivity index (χ1n) is 12.8. The number of hydrogen-bond donors (Lipinski definition) is 0. The first-order valence-corrected chi connectivity index (χ1v) is 13.6. The minimum atomic E-state index is -4.63. The number of thiazole rings is 1. The highest BCUT2D eigenvalue weighted by atomic mass is 32.1. The van der Waals surface area contributed by atoms with E-state index in [1.54, 1.807) is 0 Å². The lowest BCUT2D eigenvalue weighted by Gasteiger charge is -2.30. The molecule has 1 aromatic carbocycles. The summed E-state index contributed by atoms with van der Waals surface area (Å²) in [5.41, 5.74) is 0.713. The van der Waals surface area contributed by atoms with Crippen LogP contribution in [0.3, 0.4) is 0 Å². The summed E-state index contributed by atoms with van der Waals surface area (Å²) >= 11 is 1.35. The van der Waals surface area contributed by atoms with Crippen molar-refractivity contribution < 1.29 is 22.3 Å². The molecule has 7 nitrogen and oxygen atoms in total. The van der Waals surface area contributed by atoms with E-state index in [1.165, 1.54) is 11.3 Å². The maximum absolute atomic E-state index is 15.2. The Balaban J connectivity index is 1.27. The summed E-state index contributed by atoms with van der Waals surface area (Å²) in [4.78, 5) is 16.4. The monoisotopic (exact) mass is 544 g/mol. The number of benzene rings is 1. The zero-order chi connectivity index (χ0) is 26.0. The highest BCUT2D eigenvalue weighted by Gasteiger charge is 2.34. The van der Waals surface area contributed by atoms with E-state index >= 15 is 4.39 Å². The Hall–Kier alpha value is -3.12. The normalized spacial score (nSPS) is 22.2. The second-order valence-electron chi connectivity index (χ2n) is 10.2. The quantitative estimate of drug-likeness (QED) is 0.275. The van der Waals surface area contributed by atoms with Crippen LogP contribution in [0.5, 0.6) is 0 Å². The van der Waals surface area contributed by atoms with Gasteiger partial charge in [-0.1, -0.05) is 11.3 Å². The van der Waals surface area contributed by atoms with E-state index in [9.17, 15) is 13.2 Å². The largest absolute Gasteiger partial charge is 0.416 e. The van der Waals surface area contributed by atoms with E-state index in [2.05, 4.69) is 10.00 Å². The van der Waals surface area contributed by atoms with E-state index in [0.717, 1.165) is 55.2 Å². The summed E-state index contributed by atoms with van der Waals surface area (Å²) in [6, 6.07) is 3.06. The Labute approximate surface area is 219 Å². The Morgan fingerprint density at radius 2 is 1.89 bits per heavy atom. The fourth-order valence-corrected chi connectivity index (χ4v) is 6.10. The van der Waals surface area contributed by atoms with Gasteiger partial charge in [-0.2, -0.15) is 23.3 Å². The Bertz CT molecular complexity index is 1510. The number of anilines is 1. The number of ether oxygens (including phenoxy) is 1. The zero-order valence-corrected chi connectivity index (χ0v) is 21.1. The molecule has 1 saturated carbocycles. The molecule has 5 heterocycles. The molecular formula is C26H24F4N6OS. The van der Waals surface area contributed by atoms with Gasteiger partial charge in [-0.05, 0) is 50.3 Å². The van der Waals surface area contributed by atoms with Crippen LogP contribution in [-0.2, 0) is 10.9 Å². The van der Waals surface area contributed by atoms with E-state index < -0.39 is 17.6 Å². The van der Waals surface area contributed by atoms with Crippen LogP contribution in [0.2, 0.25) is 0 Å². The molecule has 3 aliphatic rings. The summed E-state index contributed by atoms with van der Waals surface area (Å²) in [5.74, 6) is -0.537. The summed E-state index contributed by atoms with van der Waals surface area (Å²) in [6.45, 7) is 2.26. The lowest BCUT2D eigenvalue weighted by molar-refractivity contribution is -0.137. The first-order chi connectivity index (χ1) is 18.3. The lowest BCUT2D eigenvalue weighted by atomic mass is 9.92. The summed E-state index contributed by atoms with van der Waals surface area (Å²) in [7, 11) is 0. The van der Waals surface area contributed by atoms with Crippen molar-refractivity contribution in [2.24, 2.45) is 0 Å². The highest BCUT2D eigenvalue weighted by Crippen LogP contribution is 2.42. The fraction of sp³-hybridized carbons (Fsp3) is 0.462. The minimum Gasteiger partial charge on any atom is -0.373 e. The fourth-order valence-electron chi connectivity index (χ4n) is 5.04. The molecule has 0 amide bonds. The number of nitrogens with zero attached hydrogens (tertiary/aromatic N) is 6. The van der Waals surface area contributed by atoms with Crippen LogP contribution in [0.15, 0.2) is 30.6 Å². The van der Waals surface area contributed by atoms with Crippen molar-refractivity contribution in [2.75, 3.05) is 24.6 Å². The van der Waals surface area contributed by atoms with Gasteiger partial charge in [-0.25, -0.2) is 14.4 Å². The van der Waals surface area contributed by atoms with Crippen molar-refractivity contribution in [3.05, 3.63) is 53.4 Å². The molecule has 0 spiro atoms. The van der Waals surface area contributed by atoms with Crippen molar-refractivity contribution in [1.82, 2.24) is 24.7 Å². The topological polar surface area (TPSA) is 69.0 Å². The van der Waals surface area contributed by atoms with Crippen LogP contribution in [-0.4, -0.2) is 44.4 Å². The summed E-state index contributed by atoms with van der Waals surface area (Å²) in [6.07, 6.45) is 3.73. The van der Waals surface area contributed by atoms with Gasteiger partial charge in [0.25, 0.3) is 0 Å². The number of fused-ring (bicyclic) bond motifs is 1. The molecule has 2 atom stereocenters. The maximum Gasteiger partial charge on any atom is 0.416 e. The molecule has 1 aliphatic carbocycles. The predicted octanol–water partition coefficient (Wildman–Crippen LogP) is 6.29. The van der Waals surface area contributed by atoms with Gasteiger partial charge in [0.15, 0.2) is 10.8 Å². The van der Waals surface area contributed by atoms with Crippen LogP contribution < -0.4 is 4.90 Å². The number of hydrogen-bond acceptors (Lipinski definition) is 7. The SMILES string of the molecule is Fc1cc(C(F)(F)F)ccc1-c1nc([C@H]2CCO[C@H](c3cnn(C4CC4)c3)C2)nc2nc(N3CCC3)sc12. The van der Waals surface area contributed by atoms with Gasteiger partial charge < -0.3 is 9.64 Å². The molecule has 0 N–H and O–H groups in total. The van der Waals surface area contributed by atoms with Crippen molar-refractivity contribution in [1.29, 1.82) is 0 Å². The van der Waals surface area contributed by atoms with E-state index in [1.807, 2.05) is 17.1 Å². The molecule has 3 aromatic heterocycles.